The van der Waals surface area contributed by atoms with Gasteiger partial charge >= 0.3 is 12.1 Å². The van der Waals surface area contributed by atoms with Gasteiger partial charge in [0.15, 0.2) is 0 Å². The number of carboxylic acid groups (broad SMARTS) is 1. The van der Waals surface area contributed by atoms with Crippen molar-refractivity contribution in [3.63, 3.8) is 0 Å². The first-order valence-corrected chi connectivity index (χ1v) is 20.2. The lowest BCUT2D eigenvalue weighted by Gasteiger charge is -2.39. The number of aliphatic hydroxyl groups is 1. The molecule has 1 saturated heterocycles. The van der Waals surface area contributed by atoms with Gasteiger partial charge in [-0.15, -0.1) is 0 Å². The topological polar surface area (TPSA) is 186 Å². The lowest BCUT2D eigenvalue weighted by molar-refractivity contribution is -0.132. The van der Waals surface area contributed by atoms with E-state index in [1.54, 1.807) is 31.9 Å². The molecule has 1 aliphatic heterocycles. The van der Waals surface area contributed by atoms with Crippen LogP contribution in [-0.2, 0) is 29.0 Å². The number of nitrogens with zero attached hydrogens (tertiary/aromatic N) is 3. The number of aliphatic hydroxyl groups excluding tert-OH is 1. The van der Waals surface area contributed by atoms with E-state index in [0.717, 1.165) is 28.1 Å². The predicted octanol–water partition coefficient (Wildman–Crippen LogP) is 5.90. The molecule has 59 heavy (non-hydrogen) atoms. The third kappa shape index (κ3) is 12.3. The molecule has 2 aromatic heterocycles. The maximum Gasteiger partial charge on any atom is 0.405 e. The van der Waals surface area contributed by atoms with Gasteiger partial charge in [0.05, 0.1) is 42.0 Å². The molecule has 2 aromatic carbocycles. The number of aryl methyl sites for hydroxylation is 1. The van der Waals surface area contributed by atoms with Gasteiger partial charge in [-0.3, -0.25) is 19.6 Å². The molecule has 5 amide bonds. The molecule has 13 heteroatoms. The lowest BCUT2D eigenvalue weighted by atomic mass is 9.75. The van der Waals surface area contributed by atoms with Crippen LogP contribution in [0.3, 0.4) is 0 Å². The van der Waals surface area contributed by atoms with E-state index < -0.39 is 59.0 Å². The van der Waals surface area contributed by atoms with Gasteiger partial charge in [-0.25, -0.2) is 9.59 Å². The number of carbonyl (C=O) groups excluding carboxylic acids is 3. The maximum absolute atomic E-state index is 14.8. The molecule has 13 nitrogen and oxygen atoms in total. The Morgan fingerprint density at radius 2 is 1.49 bits per heavy atom. The highest BCUT2D eigenvalue weighted by molar-refractivity contribution is 5.86. The second-order valence-electron chi connectivity index (χ2n) is 17.7. The number of hydrogen-bond donors (Lipinski definition) is 6. The van der Waals surface area contributed by atoms with E-state index in [0.29, 0.717) is 12.1 Å². The fraction of sp³-hybridized carbons (Fsp3) is 0.435. The van der Waals surface area contributed by atoms with Gasteiger partial charge in [0, 0.05) is 30.0 Å². The maximum atomic E-state index is 14.8. The average molecular weight is 806 g/mol. The summed E-state index contributed by atoms with van der Waals surface area (Å²) in [7, 11) is 0. The van der Waals surface area contributed by atoms with Crippen molar-refractivity contribution >= 4 is 23.9 Å². The van der Waals surface area contributed by atoms with Gasteiger partial charge in [-0.05, 0) is 72.4 Å². The van der Waals surface area contributed by atoms with Crippen LogP contribution in [0.1, 0.15) is 70.5 Å². The minimum absolute atomic E-state index is 0.0380. The van der Waals surface area contributed by atoms with Gasteiger partial charge in [-0.1, -0.05) is 108 Å². The Kier molecular flexibility index (Phi) is 14.5. The van der Waals surface area contributed by atoms with Crippen molar-refractivity contribution in [2.24, 2.45) is 16.7 Å². The van der Waals surface area contributed by atoms with E-state index >= 15 is 0 Å². The highest BCUT2D eigenvalue weighted by Gasteiger charge is 2.46. The van der Waals surface area contributed by atoms with E-state index in [9.17, 15) is 29.4 Å². The van der Waals surface area contributed by atoms with Crippen molar-refractivity contribution in [1.29, 1.82) is 0 Å². The molecule has 5 rings (SSSR count). The predicted molar refractivity (Wildman–Crippen MR) is 227 cm³/mol. The zero-order valence-electron chi connectivity index (χ0n) is 35.1. The largest absolute Gasteiger partial charge is 0.465 e. The first-order valence-electron chi connectivity index (χ1n) is 20.2. The number of benzene rings is 2. The zero-order valence-corrected chi connectivity index (χ0v) is 35.1. The summed E-state index contributed by atoms with van der Waals surface area (Å²) in [5.41, 5.74) is 3.66. The molecule has 6 atom stereocenters. The van der Waals surface area contributed by atoms with Gasteiger partial charge < -0.3 is 36.4 Å². The van der Waals surface area contributed by atoms with Gasteiger partial charge in [0.2, 0.25) is 11.8 Å². The summed E-state index contributed by atoms with van der Waals surface area (Å²) in [5, 5.41) is 33.4. The molecular weight excluding hydrogens is 747 g/mol. The Labute approximate surface area is 347 Å². The number of carbonyl (C=O) groups is 4. The summed E-state index contributed by atoms with van der Waals surface area (Å²) in [5.74, 6) is -1.53. The number of rotatable bonds is 16. The Morgan fingerprint density at radius 1 is 0.814 bits per heavy atom. The van der Waals surface area contributed by atoms with Crippen LogP contribution in [0.15, 0.2) is 97.2 Å². The zero-order chi connectivity index (χ0) is 42.9. The number of hydrogen-bond acceptors (Lipinski definition) is 7. The Morgan fingerprint density at radius 3 is 2.10 bits per heavy atom. The highest BCUT2D eigenvalue weighted by Crippen LogP contribution is 2.34. The fourth-order valence-electron chi connectivity index (χ4n) is 7.83. The standard InChI is InChI=1S/C46H59N7O6/c1-29-14-13-17-33(49-29)28-53-37(27-48-43(53)57)39(45(2,3)4)41(55)51-36(25-31-19-21-32(22-20-31)35-18-11-12-23-47-35)38(54)26-34(24-30-15-9-8-10-16-30)50-42(56)40(46(5,6)7)52-44(58)59/h8-23,34,36-40,52,54H,24-28H2,1-7H3,(H,48,57)(H,50,56)(H,51,55)(H,58,59). The fourth-order valence-corrected chi connectivity index (χ4v) is 7.83. The Bertz CT molecular complexity index is 2030. The van der Waals surface area contributed by atoms with Gasteiger partial charge in [0.1, 0.15) is 6.04 Å². The van der Waals surface area contributed by atoms with Crippen molar-refractivity contribution in [2.45, 2.75) is 105 Å². The molecule has 314 valence electrons. The number of amides is 5. The number of aromatic nitrogens is 2. The van der Waals surface area contributed by atoms with E-state index in [1.165, 1.54) is 0 Å². The van der Waals surface area contributed by atoms with Crippen LogP contribution in [-0.4, -0.2) is 85.8 Å². The first kappa shape index (κ1) is 44.3. The average Bonchev–Trinajstić information content (AvgIpc) is 3.51. The molecule has 1 fully saturated rings. The number of urea groups is 1. The molecule has 0 saturated carbocycles. The van der Waals surface area contributed by atoms with E-state index in [1.807, 2.05) is 119 Å². The summed E-state index contributed by atoms with van der Waals surface area (Å²) in [6.45, 7) is 13.6. The van der Waals surface area contributed by atoms with Crippen molar-refractivity contribution in [3.8, 4) is 11.3 Å². The van der Waals surface area contributed by atoms with Crippen LogP contribution < -0.4 is 21.3 Å². The first-order chi connectivity index (χ1) is 27.9. The Balaban J connectivity index is 1.46. The van der Waals surface area contributed by atoms with Crippen molar-refractivity contribution in [2.75, 3.05) is 6.54 Å². The molecule has 6 unspecified atom stereocenters. The molecule has 0 radical (unpaired) electrons. The molecule has 0 aliphatic carbocycles. The second-order valence-corrected chi connectivity index (χ2v) is 17.7. The molecule has 3 heterocycles. The van der Waals surface area contributed by atoms with E-state index in [2.05, 4.69) is 31.2 Å². The number of pyridine rings is 2. The van der Waals surface area contributed by atoms with Crippen molar-refractivity contribution in [3.05, 3.63) is 120 Å². The molecule has 0 spiro atoms. The monoisotopic (exact) mass is 805 g/mol. The van der Waals surface area contributed by atoms with Gasteiger partial charge in [-0.2, -0.15) is 0 Å². The van der Waals surface area contributed by atoms with Crippen LogP contribution in [0.2, 0.25) is 0 Å². The SMILES string of the molecule is Cc1cccc(CN2C(=O)NCC2C(C(=O)NC(Cc2ccc(-c3ccccn3)cc2)C(O)CC(Cc2ccccc2)NC(=O)C(NC(=O)O)C(C)(C)C)C(C)(C)C)n1. The summed E-state index contributed by atoms with van der Waals surface area (Å²) in [6, 6.07) is 25.3. The molecule has 6 N–H and O–H groups in total. The normalized spacial score (nSPS) is 16.9. The molecule has 0 bridgehead atoms. The minimum Gasteiger partial charge on any atom is -0.465 e. The lowest BCUT2D eigenvalue weighted by Crippen LogP contribution is -2.57. The minimum atomic E-state index is -1.32. The second kappa shape index (κ2) is 19.3. The summed E-state index contributed by atoms with van der Waals surface area (Å²) < 4.78 is 0. The van der Waals surface area contributed by atoms with Crippen LogP contribution in [0.25, 0.3) is 11.3 Å². The third-order valence-electron chi connectivity index (χ3n) is 10.8. The van der Waals surface area contributed by atoms with E-state index in [4.69, 9.17) is 0 Å². The smallest absolute Gasteiger partial charge is 0.405 e. The summed E-state index contributed by atoms with van der Waals surface area (Å²) in [6.07, 6.45) is -0.124. The quantitative estimate of drug-likeness (QED) is 0.0809. The summed E-state index contributed by atoms with van der Waals surface area (Å²) >= 11 is 0. The van der Waals surface area contributed by atoms with Crippen molar-refractivity contribution < 1.29 is 29.4 Å². The van der Waals surface area contributed by atoms with Crippen LogP contribution in [0.4, 0.5) is 9.59 Å². The van der Waals surface area contributed by atoms with Crippen LogP contribution in [0.5, 0.6) is 0 Å². The van der Waals surface area contributed by atoms with Crippen molar-refractivity contribution in [1.82, 2.24) is 36.1 Å². The van der Waals surface area contributed by atoms with Crippen LogP contribution in [0, 0.1) is 23.7 Å². The molecule has 1 aliphatic rings. The Hall–Kier alpha value is -5.82. The highest BCUT2D eigenvalue weighted by atomic mass is 16.4. The number of nitrogens with one attached hydrogen (secondary N) is 4. The molecular formula is C46H59N7O6. The van der Waals surface area contributed by atoms with E-state index in [-0.39, 0.29) is 37.9 Å². The molecule has 4 aromatic rings. The van der Waals surface area contributed by atoms with Gasteiger partial charge in [0.25, 0.3) is 0 Å². The third-order valence-corrected chi connectivity index (χ3v) is 10.8. The van der Waals surface area contributed by atoms with Crippen LogP contribution >= 0.6 is 0 Å². The summed E-state index contributed by atoms with van der Waals surface area (Å²) in [4.78, 5) is 64.4.